The minimum absolute atomic E-state index is 0.467. The number of hydrogen-bond acceptors (Lipinski definition) is 3. The highest BCUT2D eigenvalue weighted by atomic mass is 35.5. The van der Waals surface area contributed by atoms with Gasteiger partial charge in [-0.25, -0.2) is 0 Å². The van der Waals surface area contributed by atoms with Crippen molar-refractivity contribution in [2.75, 3.05) is 13.2 Å². The number of ether oxygens (including phenoxy) is 2. The molecule has 3 rings (SSSR count). The average Bonchev–Trinajstić information content (AvgIpc) is 2.73. The lowest BCUT2D eigenvalue weighted by atomic mass is 10.0. The Labute approximate surface area is 122 Å². The monoisotopic (exact) mass is 290 g/mol. The topological polar surface area (TPSA) is 38.7 Å². The molecule has 0 fully saturated rings. The van der Waals surface area contributed by atoms with Crippen LogP contribution in [-0.4, -0.2) is 18.3 Å². The molecule has 1 aliphatic heterocycles. The van der Waals surface area contributed by atoms with Crippen LogP contribution in [0.4, 0.5) is 0 Å². The van der Waals surface area contributed by atoms with E-state index in [0.29, 0.717) is 35.3 Å². The van der Waals surface area contributed by atoms with Crippen LogP contribution in [0, 0.1) is 0 Å². The summed E-state index contributed by atoms with van der Waals surface area (Å²) in [4.78, 5) is 0. The van der Waals surface area contributed by atoms with Gasteiger partial charge in [0.25, 0.3) is 0 Å². The summed E-state index contributed by atoms with van der Waals surface area (Å²) >= 11 is 6.24. The molecular formula is C16H15ClO3. The van der Waals surface area contributed by atoms with Gasteiger partial charge >= 0.3 is 0 Å². The van der Waals surface area contributed by atoms with Crippen molar-refractivity contribution in [3.8, 4) is 11.5 Å². The van der Waals surface area contributed by atoms with Crippen molar-refractivity contribution < 1.29 is 14.6 Å². The van der Waals surface area contributed by atoms with Gasteiger partial charge in [-0.2, -0.15) is 0 Å². The molecule has 0 saturated carbocycles. The fourth-order valence-electron chi connectivity index (χ4n) is 2.24. The lowest BCUT2D eigenvalue weighted by molar-refractivity contribution is 0.219. The van der Waals surface area contributed by atoms with E-state index in [1.807, 2.05) is 30.3 Å². The summed E-state index contributed by atoms with van der Waals surface area (Å²) < 4.78 is 11.2. The molecular weight excluding hydrogens is 276 g/mol. The maximum Gasteiger partial charge on any atom is 0.179 e. The summed E-state index contributed by atoms with van der Waals surface area (Å²) in [5.74, 6) is 1.16. The first kappa shape index (κ1) is 13.3. The molecule has 1 unspecified atom stereocenters. The molecule has 0 spiro atoms. The standard InChI is InChI=1S/C16H15ClO3/c17-13-9-12(15(18)11-5-2-1-3-6-11)10-14-16(13)20-8-4-7-19-14/h1-3,5-6,9-10,15,18H,4,7-8H2. The maximum atomic E-state index is 10.4. The Morgan fingerprint density at radius 2 is 1.75 bits per heavy atom. The van der Waals surface area contributed by atoms with Crippen LogP contribution in [-0.2, 0) is 0 Å². The normalized spacial score (nSPS) is 15.5. The first-order valence-corrected chi connectivity index (χ1v) is 6.95. The first-order valence-electron chi connectivity index (χ1n) is 6.58. The molecule has 2 aromatic carbocycles. The second-order valence-corrected chi connectivity index (χ2v) is 5.10. The largest absolute Gasteiger partial charge is 0.489 e. The Bertz CT molecular complexity index is 598. The summed E-state index contributed by atoms with van der Waals surface area (Å²) in [6.45, 7) is 1.18. The molecule has 0 radical (unpaired) electrons. The maximum absolute atomic E-state index is 10.4. The molecule has 0 aliphatic carbocycles. The number of fused-ring (bicyclic) bond motifs is 1. The zero-order chi connectivity index (χ0) is 13.9. The molecule has 1 atom stereocenters. The van der Waals surface area contributed by atoms with Crippen LogP contribution < -0.4 is 9.47 Å². The van der Waals surface area contributed by atoms with E-state index in [2.05, 4.69) is 0 Å². The van der Waals surface area contributed by atoms with Crippen LogP contribution in [0.1, 0.15) is 23.7 Å². The second kappa shape index (κ2) is 5.73. The quantitative estimate of drug-likeness (QED) is 0.919. The van der Waals surface area contributed by atoms with E-state index < -0.39 is 6.10 Å². The van der Waals surface area contributed by atoms with Gasteiger partial charge in [0.05, 0.1) is 18.2 Å². The summed E-state index contributed by atoms with van der Waals surface area (Å²) in [6.07, 6.45) is 0.0903. The molecule has 104 valence electrons. The van der Waals surface area contributed by atoms with Crippen LogP contribution in [0.15, 0.2) is 42.5 Å². The van der Waals surface area contributed by atoms with E-state index >= 15 is 0 Å². The van der Waals surface area contributed by atoms with Gasteiger partial charge in [0, 0.05) is 6.42 Å². The zero-order valence-corrected chi connectivity index (χ0v) is 11.6. The van der Waals surface area contributed by atoms with Gasteiger partial charge < -0.3 is 14.6 Å². The van der Waals surface area contributed by atoms with Gasteiger partial charge in [0.1, 0.15) is 6.10 Å². The van der Waals surface area contributed by atoms with Crippen molar-refractivity contribution >= 4 is 11.6 Å². The lowest BCUT2D eigenvalue weighted by Crippen LogP contribution is -2.01. The van der Waals surface area contributed by atoms with E-state index in [1.54, 1.807) is 12.1 Å². The zero-order valence-electron chi connectivity index (χ0n) is 10.9. The molecule has 0 bridgehead atoms. The van der Waals surface area contributed by atoms with Gasteiger partial charge in [0.15, 0.2) is 11.5 Å². The molecule has 2 aromatic rings. The third kappa shape index (κ3) is 2.60. The van der Waals surface area contributed by atoms with Gasteiger partial charge in [-0.15, -0.1) is 0 Å². The summed E-state index contributed by atoms with van der Waals surface area (Å²) in [7, 11) is 0. The molecule has 1 N–H and O–H groups in total. The lowest BCUT2D eigenvalue weighted by Gasteiger charge is -2.15. The Kier molecular flexibility index (Phi) is 3.81. The third-order valence-electron chi connectivity index (χ3n) is 3.26. The molecule has 0 aromatic heterocycles. The van der Waals surface area contributed by atoms with Crippen molar-refractivity contribution in [1.82, 2.24) is 0 Å². The minimum atomic E-state index is -0.731. The minimum Gasteiger partial charge on any atom is -0.489 e. The van der Waals surface area contributed by atoms with Gasteiger partial charge in [-0.1, -0.05) is 41.9 Å². The van der Waals surface area contributed by atoms with E-state index in [-0.39, 0.29) is 0 Å². The van der Waals surface area contributed by atoms with Crippen LogP contribution in [0.3, 0.4) is 0 Å². The molecule has 3 nitrogen and oxygen atoms in total. The van der Waals surface area contributed by atoms with E-state index in [4.69, 9.17) is 21.1 Å². The van der Waals surface area contributed by atoms with Crippen molar-refractivity contribution in [2.24, 2.45) is 0 Å². The smallest absolute Gasteiger partial charge is 0.179 e. The molecule has 4 heteroatoms. The van der Waals surface area contributed by atoms with E-state index in [0.717, 1.165) is 12.0 Å². The fraction of sp³-hybridized carbons (Fsp3) is 0.250. The van der Waals surface area contributed by atoms with Gasteiger partial charge in [0.2, 0.25) is 0 Å². The SMILES string of the molecule is OC(c1ccccc1)c1cc(Cl)c2c(c1)OCCCO2. The second-order valence-electron chi connectivity index (χ2n) is 4.69. The molecule has 1 heterocycles. The van der Waals surface area contributed by atoms with Crippen LogP contribution in [0.25, 0.3) is 0 Å². The summed E-state index contributed by atoms with van der Waals surface area (Å²) in [6, 6.07) is 13.0. The Morgan fingerprint density at radius 1 is 1.00 bits per heavy atom. The van der Waals surface area contributed by atoms with Crippen molar-refractivity contribution in [3.05, 3.63) is 58.6 Å². The highest BCUT2D eigenvalue weighted by molar-refractivity contribution is 6.32. The fourth-order valence-corrected chi connectivity index (χ4v) is 2.51. The van der Waals surface area contributed by atoms with Crippen LogP contribution in [0.2, 0.25) is 5.02 Å². The average molecular weight is 291 g/mol. The van der Waals surface area contributed by atoms with Crippen LogP contribution >= 0.6 is 11.6 Å². The molecule has 0 amide bonds. The van der Waals surface area contributed by atoms with Gasteiger partial charge in [-0.3, -0.25) is 0 Å². The highest BCUT2D eigenvalue weighted by Crippen LogP contribution is 2.40. The predicted octanol–water partition coefficient (Wildman–Crippen LogP) is 3.58. The Hall–Kier alpha value is -1.71. The number of aliphatic hydroxyl groups excluding tert-OH is 1. The van der Waals surface area contributed by atoms with Crippen molar-refractivity contribution in [1.29, 1.82) is 0 Å². The van der Waals surface area contributed by atoms with E-state index in [9.17, 15) is 5.11 Å². The number of aliphatic hydroxyl groups is 1. The molecule has 0 saturated heterocycles. The van der Waals surface area contributed by atoms with Crippen molar-refractivity contribution in [3.63, 3.8) is 0 Å². The highest BCUT2D eigenvalue weighted by Gasteiger charge is 2.19. The van der Waals surface area contributed by atoms with Crippen molar-refractivity contribution in [2.45, 2.75) is 12.5 Å². The summed E-state index contributed by atoms with van der Waals surface area (Å²) in [5.41, 5.74) is 1.52. The number of benzene rings is 2. The number of halogens is 1. The molecule has 20 heavy (non-hydrogen) atoms. The third-order valence-corrected chi connectivity index (χ3v) is 3.54. The Morgan fingerprint density at radius 3 is 2.55 bits per heavy atom. The Balaban J connectivity index is 1.99. The number of rotatable bonds is 2. The first-order chi connectivity index (χ1) is 9.75. The predicted molar refractivity (Wildman–Crippen MR) is 77.6 cm³/mol. The number of hydrogen-bond donors (Lipinski definition) is 1. The van der Waals surface area contributed by atoms with Crippen LogP contribution in [0.5, 0.6) is 11.5 Å². The van der Waals surface area contributed by atoms with Gasteiger partial charge in [-0.05, 0) is 23.3 Å². The molecule has 1 aliphatic rings. The summed E-state index contributed by atoms with van der Waals surface area (Å²) in [5, 5.41) is 10.9. The van der Waals surface area contributed by atoms with E-state index in [1.165, 1.54) is 0 Å².